The molecular formula is C31H67N7O18S8. The third kappa shape index (κ3) is 60.6. The minimum Gasteiger partial charge on any atom is -0.480 e. The fraction of sp³-hybridized carbons (Fsp3) is 0.774. The Balaban J connectivity index is -0.000000166. The maximum atomic E-state index is 10.6. The molecule has 0 aliphatic heterocycles. The summed E-state index contributed by atoms with van der Waals surface area (Å²) in [5.41, 5.74) is 15.8. The van der Waals surface area contributed by atoms with Crippen molar-refractivity contribution >= 4 is 142 Å². The maximum absolute atomic E-state index is 10.6. The highest BCUT2D eigenvalue weighted by atomic mass is 32.2. The standard InChI is InChI=1S/C10H16N2O8.C6H18N4.C5H11NO2S.C4H6O4S2.C3H8O3S3.C3H8OS2/c13-7(14)3-11(4-8(15)16)1-2-12(5-9(17)18)6-10(19)20;7-1-3-9-5-6-10-4-2-8;1-5(2,9)3(6)4(7)8;5-3(6)1(9)2(10)4(7)8;4-5-6-9-2-3(8)1-7;4-1-3(6)2-5/h1-6H2,(H,13,14)(H,15,16)(H,17,18)(H,19,20);9-10H,1-8H2;3,9H,6H2,1-2H3,(H,7,8);1-2,9-10H,(H,5,6)(H,7,8);3-4,7-8H,1-2H2;3-6H,1-2H2. The van der Waals surface area contributed by atoms with Crippen LogP contribution in [0, 0.1) is 0 Å². The Kier molecular flexibility index (Phi) is 57.4. The van der Waals surface area contributed by atoms with Gasteiger partial charge in [-0.1, -0.05) is 5.04 Å². The molecule has 64 heavy (non-hydrogen) atoms. The molecule has 0 saturated carbocycles. The van der Waals surface area contributed by atoms with Crippen LogP contribution in [0.1, 0.15) is 13.8 Å². The van der Waals surface area contributed by atoms with E-state index in [0.717, 1.165) is 48.0 Å². The first-order valence-corrected chi connectivity index (χ1v) is 22.7. The van der Waals surface area contributed by atoms with Gasteiger partial charge in [-0.05, 0) is 13.8 Å². The number of aliphatic carboxylic acids is 7. The molecule has 0 aromatic carbocycles. The van der Waals surface area contributed by atoms with E-state index in [4.69, 9.17) is 63.3 Å². The fourth-order valence-electron chi connectivity index (χ4n) is 2.92. The quantitative estimate of drug-likeness (QED) is 0.0115. The molecule has 0 radical (unpaired) electrons. The number of thiol groups is 7. The van der Waals surface area contributed by atoms with Gasteiger partial charge < -0.3 is 68.7 Å². The molecule has 0 amide bonds. The highest BCUT2D eigenvalue weighted by Crippen LogP contribution is 2.15. The molecular weight excluding hydrogens is 1010 g/mol. The SMILES string of the molecule is CC(C)(S)C(N)C(=O)O.NCCNCCNCCN.O=C(O)C(S)C(S)C(=O)O.O=C(O)CN(CCN(CC(=O)O)CC(=O)O)CC(=O)O.OCC(S)CS.OOOSCC(S)CS. The number of carboxylic acid groups (broad SMARTS) is 7. The first-order chi connectivity index (χ1) is 29.5. The van der Waals surface area contributed by atoms with Crippen molar-refractivity contribution in [3.05, 3.63) is 0 Å². The lowest BCUT2D eigenvalue weighted by molar-refractivity contribution is -0.432. The zero-order valence-electron chi connectivity index (χ0n) is 35.1. The molecule has 0 aromatic rings. The highest BCUT2D eigenvalue weighted by Gasteiger charge is 2.28. The summed E-state index contributed by atoms with van der Waals surface area (Å²) >= 11 is 27.8. The first-order valence-electron chi connectivity index (χ1n) is 18.0. The van der Waals surface area contributed by atoms with Crippen LogP contribution in [-0.2, 0) is 42.9 Å². The number of nitrogens with one attached hydrogen (secondary N) is 2. The Morgan fingerprint density at radius 2 is 0.969 bits per heavy atom. The molecule has 33 heteroatoms. The largest absolute Gasteiger partial charge is 0.480 e. The molecule has 0 aromatic heterocycles. The summed E-state index contributed by atoms with van der Waals surface area (Å²) in [7, 11) is 0. The number of rotatable bonds is 30. The predicted octanol–water partition coefficient (Wildman–Crippen LogP) is -2.64. The molecule has 0 rings (SSSR count). The average molecular weight is 1080 g/mol. The zero-order valence-corrected chi connectivity index (χ0v) is 42.1. The number of aliphatic hydroxyl groups excluding tert-OH is 1. The van der Waals surface area contributed by atoms with E-state index in [-0.39, 0.29) is 30.2 Å². The Morgan fingerprint density at radius 3 is 1.14 bits per heavy atom. The van der Waals surface area contributed by atoms with Crippen molar-refractivity contribution in [2.45, 2.75) is 45.6 Å². The number of hydrogen-bond acceptors (Lipinski definition) is 26. The van der Waals surface area contributed by atoms with E-state index in [1.807, 2.05) is 0 Å². The van der Waals surface area contributed by atoms with Gasteiger partial charge in [0.15, 0.2) is 0 Å². The van der Waals surface area contributed by atoms with Crippen molar-refractivity contribution in [3.63, 3.8) is 0 Å². The Morgan fingerprint density at radius 1 is 0.641 bits per heavy atom. The second-order valence-corrected chi connectivity index (χ2v) is 17.6. The lowest BCUT2D eigenvalue weighted by atomic mass is 10.1. The summed E-state index contributed by atoms with van der Waals surface area (Å²) in [4.78, 5) is 74.6. The van der Waals surface area contributed by atoms with Gasteiger partial charge in [-0.2, -0.15) is 88.4 Å². The van der Waals surface area contributed by atoms with Gasteiger partial charge in [0.25, 0.3) is 0 Å². The van der Waals surface area contributed by atoms with Gasteiger partial charge in [0, 0.05) is 96.9 Å². The van der Waals surface area contributed by atoms with Gasteiger partial charge in [0.2, 0.25) is 0 Å². The minimum absolute atomic E-state index is 0.0494. The summed E-state index contributed by atoms with van der Waals surface area (Å²) in [5.74, 6) is -6.56. The summed E-state index contributed by atoms with van der Waals surface area (Å²) in [6.07, 6.45) is 0. The smallest absolute Gasteiger partial charge is 0.321 e. The molecule has 0 saturated heterocycles. The number of hydrogen-bond donors (Lipinski definition) is 21. The lowest BCUT2D eigenvalue weighted by Crippen LogP contribution is -2.45. The molecule has 0 fully saturated rings. The van der Waals surface area contributed by atoms with Gasteiger partial charge in [-0.15, -0.1) is 4.33 Å². The number of aliphatic hydroxyl groups is 1. The second-order valence-electron chi connectivity index (χ2n) is 12.4. The topological polar surface area (TPSA) is 429 Å². The molecule has 0 aliphatic rings. The van der Waals surface area contributed by atoms with E-state index in [1.54, 1.807) is 13.8 Å². The molecule has 382 valence electrons. The van der Waals surface area contributed by atoms with Crippen LogP contribution in [0.2, 0.25) is 0 Å². The van der Waals surface area contributed by atoms with Crippen LogP contribution in [0.15, 0.2) is 0 Å². The van der Waals surface area contributed by atoms with Crippen LogP contribution >= 0.6 is 100 Å². The molecule has 0 spiro atoms. The molecule has 0 aliphatic carbocycles. The zero-order chi connectivity index (χ0) is 51.4. The molecule has 17 N–H and O–H groups in total. The van der Waals surface area contributed by atoms with E-state index >= 15 is 0 Å². The molecule has 0 bridgehead atoms. The van der Waals surface area contributed by atoms with Crippen molar-refractivity contribution in [1.29, 1.82) is 0 Å². The Bertz CT molecular complexity index is 1140. The van der Waals surface area contributed by atoms with Crippen LogP contribution in [0.4, 0.5) is 0 Å². The van der Waals surface area contributed by atoms with Crippen LogP contribution in [0.25, 0.3) is 0 Å². The third-order valence-electron chi connectivity index (χ3n) is 6.09. The van der Waals surface area contributed by atoms with Gasteiger partial charge in [-0.3, -0.25) is 43.4 Å². The van der Waals surface area contributed by atoms with E-state index < -0.39 is 89.3 Å². The number of carbonyl (C=O) groups is 7. The fourth-order valence-corrected chi connectivity index (χ4v) is 4.26. The summed E-state index contributed by atoms with van der Waals surface area (Å²) in [6.45, 7) is 6.33. The van der Waals surface area contributed by atoms with Crippen molar-refractivity contribution in [2.24, 2.45) is 17.2 Å². The monoisotopic (exact) mass is 1080 g/mol. The third-order valence-corrected chi connectivity index (χ3v) is 10.8. The summed E-state index contributed by atoms with van der Waals surface area (Å²) in [5, 5.41) is 82.5. The van der Waals surface area contributed by atoms with Gasteiger partial charge in [0.05, 0.1) is 32.8 Å². The van der Waals surface area contributed by atoms with Crippen LogP contribution < -0.4 is 27.8 Å². The minimum atomic E-state index is -1.29. The van der Waals surface area contributed by atoms with Crippen molar-refractivity contribution < 1.29 is 89.0 Å². The van der Waals surface area contributed by atoms with Crippen LogP contribution in [0.5, 0.6) is 0 Å². The Hall–Kier alpha value is -1.35. The van der Waals surface area contributed by atoms with Crippen LogP contribution in [0.3, 0.4) is 0 Å². The maximum Gasteiger partial charge on any atom is 0.321 e. The number of nitrogens with zero attached hydrogens (tertiary/aromatic N) is 2. The van der Waals surface area contributed by atoms with Crippen molar-refractivity contribution in [3.8, 4) is 0 Å². The average Bonchev–Trinajstić information content (AvgIpc) is 3.19. The van der Waals surface area contributed by atoms with E-state index in [0.29, 0.717) is 30.3 Å². The van der Waals surface area contributed by atoms with Gasteiger partial charge in [0.1, 0.15) is 16.5 Å². The summed E-state index contributed by atoms with van der Waals surface area (Å²) < 4.78 is 3.45. The van der Waals surface area contributed by atoms with Crippen molar-refractivity contribution in [2.75, 3.05) is 102 Å². The molecule has 5 atom stereocenters. The van der Waals surface area contributed by atoms with Gasteiger partial charge >= 0.3 is 41.8 Å². The Labute approximate surface area is 414 Å². The lowest BCUT2D eigenvalue weighted by Gasteiger charge is -2.23. The predicted molar refractivity (Wildman–Crippen MR) is 264 cm³/mol. The van der Waals surface area contributed by atoms with Gasteiger partial charge in [-0.25, -0.2) is 5.26 Å². The van der Waals surface area contributed by atoms with E-state index in [2.05, 4.69) is 108 Å². The highest BCUT2D eigenvalue weighted by molar-refractivity contribution is 7.95. The van der Waals surface area contributed by atoms with E-state index in [1.165, 1.54) is 0 Å². The number of nitrogens with two attached hydrogens (primary N) is 3. The summed E-state index contributed by atoms with van der Waals surface area (Å²) in [6, 6.07) is -0.902. The molecule has 5 unspecified atom stereocenters. The first kappa shape index (κ1) is 74.2. The number of carboxylic acids is 7. The normalized spacial score (nSPS) is 12.8. The molecule has 25 nitrogen and oxygen atoms in total. The second kappa shape index (κ2) is 49.6. The van der Waals surface area contributed by atoms with Crippen molar-refractivity contribution in [1.82, 2.24) is 20.4 Å². The molecule has 0 heterocycles. The van der Waals surface area contributed by atoms with E-state index in [9.17, 15) is 33.6 Å². The van der Waals surface area contributed by atoms with Crippen LogP contribution in [-0.4, -0.2) is 232 Å².